The van der Waals surface area contributed by atoms with Crippen LogP contribution in [0.5, 0.6) is 0 Å². The minimum atomic E-state index is -1.05. The molecule has 3 N–H and O–H groups in total. The first-order valence-corrected chi connectivity index (χ1v) is 21.8. The van der Waals surface area contributed by atoms with Crippen molar-refractivity contribution in [2.24, 2.45) is 17.8 Å². The van der Waals surface area contributed by atoms with Gasteiger partial charge in [0.15, 0.2) is 0 Å². The molecule has 1 rings (SSSR count). The van der Waals surface area contributed by atoms with Gasteiger partial charge < -0.3 is 24.8 Å². The first kappa shape index (κ1) is 49.0. The second kappa shape index (κ2) is 33.3. The molecule has 8 heteroatoms. The molecule has 0 spiro atoms. The number of unbranched alkanes of at least 4 members (excludes halogenated alkanes) is 18. The lowest BCUT2D eigenvalue weighted by atomic mass is 9.90. The average Bonchev–Trinajstić information content (AvgIpc) is 3.40. The number of ether oxygens (including phenoxy) is 2. The number of hydrogen-bond acceptors (Lipinski definition) is 8. The fourth-order valence-corrected chi connectivity index (χ4v) is 7.08. The summed E-state index contributed by atoms with van der Waals surface area (Å²) in [6.07, 6.45) is 33.1. The van der Waals surface area contributed by atoms with Crippen molar-refractivity contribution in [3.8, 4) is 0 Å². The molecule has 308 valence electrons. The zero-order chi connectivity index (χ0) is 38.9. The van der Waals surface area contributed by atoms with E-state index < -0.39 is 24.3 Å². The number of carbonyl (C=O) groups is 3. The van der Waals surface area contributed by atoms with E-state index in [2.05, 4.69) is 20.8 Å². The Hall–Kier alpha value is -2.03. The molecule has 1 saturated carbocycles. The molecule has 0 heterocycles. The molecular weight excluding hydrogens is 668 g/mol. The Morgan fingerprint density at radius 1 is 0.698 bits per heavy atom. The van der Waals surface area contributed by atoms with Crippen LogP contribution in [0, 0.1) is 17.8 Å². The molecule has 0 aliphatic heterocycles. The van der Waals surface area contributed by atoms with E-state index >= 15 is 0 Å². The normalized spacial score (nSPS) is 18.8. The van der Waals surface area contributed by atoms with E-state index in [-0.39, 0.29) is 49.6 Å². The summed E-state index contributed by atoms with van der Waals surface area (Å²) in [6.45, 7) is 6.34. The molecule has 0 aromatic rings. The number of ketones is 1. The third kappa shape index (κ3) is 28.1. The van der Waals surface area contributed by atoms with Gasteiger partial charge in [-0.2, -0.15) is 0 Å². The summed E-state index contributed by atoms with van der Waals surface area (Å²) >= 11 is 0. The van der Waals surface area contributed by atoms with Gasteiger partial charge in [-0.25, -0.2) is 0 Å². The molecule has 0 aromatic carbocycles. The van der Waals surface area contributed by atoms with Crippen LogP contribution in [0.25, 0.3) is 0 Å². The minimum Gasteiger partial charge on any atom is -0.463 e. The van der Waals surface area contributed by atoms with Crippen molar-refractivity contribution in [3.05, 3.63) is 24.3 Å². The lowest BCUT2D eigenvalue weighted by Crippen LogP contribution is -2.25. The summed E-state index contributed by atoms with van der Waals surface area (Å²) < 4.78 is 10.3. The lowest BCUT2D eigenvalue weighted by molar-refractivity contribution is -0.152. The predicted octanol–water partition coefficient (Wildman–Crippen LogP) is 10.3. The van der Waals surface area contributed by atoms with E-state index in [9.17, 15) is 29.7 Å². The highest BCUT2D eigenvalue weighted by molar-refractivity contribution is 5.84. The molecule has 1 fully saturated rings. The van der Waals surface area contributed by atoms with Gasteiger partial charge in [-0.3, -0.25) is 14.4 Å². The van der Waals surface area contributed by atoms with Crippen LogP contribution in [0.3, 0.4) is 0 Å². The van der Waals surface area contributed by atoms with Crippen molar-refractivity contribution < 1.29 is 39.2 Å². The van der Waals surface area contributed by atoms with E-state index in [1.54, 1.807) is 12.2 Å². The second-order valence-corrected chi connectivity index (χ2v) is 16.1. The highest BCUT2D eigenvalue weighted by Gasteiger charge is 2.39. The highest BCUT2D eigenvalue weighted by Crippen LogP contribution is 2.33. The van der Waals surface area contributed by atoms with Gasteiger partial charge in [0.05, 0.1) is 12.2 Å². The fourth-order valence-electron chi connectivity index (χ4n) is 7.08. The van der Waals surface area contributed by atoms with E-state index in [0.29, 0.717) is 32.1 Å². The topological polar surface area (TPSA) is 130 Å². The first-order valence-electron chi connectivity index (χ1n) is 21.8. The molecule has 0 aromatic heterocycles. The van der Waals surface area contributed by atoms with Crippen molar-refractivity contribution in [3.63, 3.8) is 0 Å². The van der Waals surface area contributed by atoms with Crippen LogP contribution in [0.2, 0.25) is 0 Å². The third-order valence-electron chi connectivity index (χ3n) is 10.5. The second-order valence-electron chi connectivity index (χ2n) is 16.1. The molecule has 0 unspecified atom stereocenters. The van der Waals surface area contributed by atoms with Crippen LogP contribution in [0.15, 0.2) is 24.3 Å². The summed E-state index contributed by atoms with van der Waals surface area (Å²) in [7, 11) is 0. The number of aliphatic hydroxyl groups excluding tert-OH is 3. The van der Waals surface area contributed by atoms with Gasteiger partial charge in [0.1, 0.15) is 25.1 Å². The molecule has 0 saturated heterocycles. The fraction of sp³-hybridized carbons (Fsp3) is 0.844. The molecule has 8 nitrogen and oxygen atoms in total. The molecule has 5 atom stereocenters. The van der Waals surface area contributed by atoms with Crippen LogP contribution in [0.4, 0.5) is 0 Å². The summed E-state index contributed by atoms with van der Waals surface area (Å²) in [4.78, 5) is 36.6. The predicted molar refractivity (Wildman–Crippen MR) is 215 cm³/mol. The lowest BCUT2D eigenvalue weighted by Gasteiger charge is -2.16. The number of esters is 2. The Morgan fingerprint density at radius 2 is 1.19 bits per heavy atom. The first-order chi connectivity index (χ1) is 25.6. The smallest absolute Gasteiger partial charge is 0.305 e. The van der Waals surface area contributed by atoms with Crippen molar-refractivity contribution >= 4 is 17.7 Å². The molecule has 1 aliphatic carbocycles. The quantitative estimate of drug-likeness (QED) is 0.0332. The van der Waals surface area contributed by atoms with Crippen molar-refractivity contribution in [1.82, 2.24) is 0 Å². The summed E-state index contributed by atoms with van der Waals surface area (Å²) in [5.41, 5.74) is 0. The van der Waals surface area contributed by atoms with Gasteiger partial charge in [0.2, 0.25) is 0 Å². The zero-order valence-electron chi connectivity index (χ0n) is 34.2. The Bertz CT molecular complexity index is 976. The van der Waals surface area contributed by atoms with Crippen LogP contribution >= 0.6 is 0 Å². The van der Waals surface area contributed by atoms with Gasteiger partial charge in [-0.1, -0.05) is 167 Å². The maximum atomic E-state index is 12.4. The molecule has 0 amide bonds. The monoisotopic (exact) mass is 749 g/mol. The molecule has 0 bridgehead atoms. The SMILES string of the molecule is CCCCC[C@H](O)/C=C/[C@H]1[C@H](O)CC(=O)[C@@H]1C/C=C\CCCC(=O)OC[C@@H](O)COC(=O)CCCCCCCCCCCCCCCCCCC(C)C. The van der Waals surface area contributed by atoms with E-state index in [1.165, 1.54) is 89.9 Å². The molecule has 1 aliphatic rings. The number of aliphatic hydroxyl groups is 3. The Balaban J connectivity index is 1.98. The molecule has 0 radical (unpaired) electrons. The maximum absolute atomic E-state index is 12.4. The van der Waals surface area contributed by atoms with Crippen LogP contribution < -0.4 is 0 Å². The minimum absolute atomic E-state index is 0.0329. The van der Waals surface area contributed by atoms with Gasteiger partial charge in [-0.05, 0) is 38.0 Å². The number of rotatable bonds is 35. The number of carbonyl (C=O) groups excluding carboxylic acids is 3. The number of Topliss-reactive ketones (excluding diaryl/α,β-unsaturated/α-hetero) is 1. The van der Waals surface area contributed by atoms with Gasteiger partial charge in [-0.15, -0.1) is 0 Å². The largest absolute Gasteiger partial charge is 0.463 e. The van der Waals surface area contributed by atoms with Crippen LogP contribution in [-0.4, -0.2) is 64.6 Å². The average molecular weight is 749 g/mol. The van der Waals surface area contributed by atoms with Gasteiger partial charge in [0.25, 0.3) is 0 Å². The number of hydrogen-bond donors (Lipinski definition) is 3. The van der Waals surface area contributed by atoms with Gasteiger partial charge >= 0.3 is 11.9 Å². The number of allylic oxidation sites excluding steroid dienone is 2. The van der Waals surface area contributed by atoms with E-state index in [0.717, 1.165) is 44.4 Å². The van der Waals surface area contributed by atoms with Crippen molar-refractivity contribution in [2.45, 2.75) is 212 Å². The zero-order valence-corrected chi connectivity index (χ0v) is 34.2. The van der Waals surface area contributed by atoms with Crippen LogP contribution in [-0.2, 0) is 23.9 Å². The molecule has 53 heavy (non-hydrogen) atoms. The van der Waals surface area contributed by atoms with Crippen molar-refractivity contribution in [1.29, 1.82) is 0 Å². The Labute approximate surface area is 324 Å². The van der Waals surface area contributed by atoms with E-state index in [1.807, 2.05) is 12.2 Å². The molecular formula is C45H80O8. The van der Waals surface area contributed by atoms with Gasteiger partial charge in [0, 0.05) is 31.1 Å². The summed E-state index contributed by atoms with van der Waals surface area (Å²) in [5, 5.41) is 30.6. The summed E-state index contributed by atoms with van der Waals surface area (Å²) in [6, 6.07) is 0. The third-order valence-corrected chi connectivity index (χ3v) is 10.5. The maximum Gasteiger partial charge on any atom is 0.305 e. The Kier molecular flexibility index (Phi) is 30.8. The van der Waals surface area contributed by atoms with Crippen molar-refractivity contribution in [2.75, 3.05) is 13.2 Å². The Morgan fingerprint density at radius 3 is 1.72 bits per heavy atom. The summed E-state index contributed by atoms with van der Waals surface area (Å²) in [5.74, 6) is -0.483. The van der Waals surface area contributed by atoms with E-state index in [4.69, 9.17) is 9.47 Å². The highest BCUT2D eigenvalue weighted by atomic mass is 16.6. The van der Waals surface area contributed by atoms with Crippen LogP contribution in [0.1, 0.15) is 194 Å². The standard InChI is InChI=1S/C45H80O8/c1-4-5-22-28-38(46)32-33-41-40(42(48)34-43(41)49)29-24-20-21-26-31-45(51)53-36-39(47)35-52-44(50)30-25-19-17-15-13-11-9-7-6-8-10-12-14-16-18-23-27-37(2)3/h20,24,32-33,37-41,43,46-47,49H,4-19,21-23,25-31,34-36H2,1-3H3/b24-20-,33-32+/t38-,39-,40+,41+,43+/m0/s1.